The molecule has 1 heterocycles. The average molecular weight is 460 g/mol. The lowest BCUT2D eigenvalue weighted by atomic mass is 10.1. The van der Waals surface area contributed by atoms with E-state index >= 15 is 0 Å². The van der Waals surface area contributed by atoms with Crippen molar-refractivity contribution in [1.82, 2.24) is 4.57 Å². The Morgan fingerprint density at radius 3 is 2.55 bits per heavy atom. The van der Waals surface area contributed by atoms with Gasteiger partial charge in [0.1, 0.15) is 24.4 Å². The number of halogens is 1. The summed E-state index contributed by atoms with van der Waals surface area (Å²) < 4.78 is 14.0. The van der Waals surface area contributed by atoms with Crippen molar-refractivity contribution in [3.05, 3.63) is 57.7 Å². The van der Waals surface area contributed by atoms with Gasteiger partial charge in [-0.3, -0.25) is 4.79 Å². The zero-order chi connectivity index (χ0) is 21.0. The Morgan fingerprint density at radius 1 is 1.24 bits per heavy atom. The molecule has 1 N–H and O–H groups in total. The second kappa shape index (κ2) is 9.13. The summed E-state index contributed by atoms with van der Waals surface area (Å²) in [6.45, 7) is 2.87. The first-order valence-corrected chi connectivity index (χ1v) is 10.1. The number of hydrogen-bond donors (Lipinski definition) is 1. The van der Waals surface area contributed by atoms with E-state index in [9.17, 15) is 14.7 Å². The van der Waals surface area contributed by atoms with Crippen molar-refractivity contribution in [3.63, 3.8) is 0 Å². The molecule has 0 atom stereocenters. The van der Waals surface area contributed by atoms with Crippen molar-refractivity contribution in [3.8, 4) is 11.5 Å². The van der Waals surface area contributed by atoms with Crippen LogP contribution in [0.3, 0.4) is 0 Å². The zero-order valence-electron chi connectivity index (χ0n) is 16.3. The Kier molecular flexibility index (Phi) is 6.59. The lowest BCUT2D eigenvalue weighted by Gasteiger charge is -2.13. The first kappa shape index (κ1) is 20.9. The van der Waals surface area contributed by atoms with Crippen molar-refractivity contribution >= 4 is 39.1 Å². The third-order valence-corrected chi connectivity index (χ3v) is 5.41. The van der Waals surface area contributed by atoms with E-state index in [2.05, 4.69) is 22.9 Å². The Labute approximate surface area is 177 Å². The van der Waals surface area contributed by atoms with Crippen LogP contribution < -0.4 is 9.47 Å². The second-order valence-corrected chi connectivity index (χ2v) is 7.47. The van der Waals surface area contributed by atoms with Crippen molar-refractivity contribution < 1.29 is 24.2 Å². The van der Waals surface area contributed by atoms with E-state index in [4.69, 9.17) is 9.47 Å². The number of carboxylic acid groups (broad SMARTS) is 1. The van der Waals surface area contributed by atoms with Crippen LogP contribution in [0.2, 0.25) is 0 Å². The summed E-state index contributed by atoms with van der Waals surface area (Å²) in [5, 5.41) is 10.6. The highest BCUT2D eigenvalue weighted by Crippen LogP contribution is 2.36. The molecule has 0 bridgehead atoms. The van der Waals surface area contributed by atoms with E-state index in [1.54, 1.807) is 37.4 Å². The zero-order valence-corrected chi connectivity index (χ0v) is 17.9. The number of ether oxygens (including phenoxy) is 2. The van der Waals surface area contributed by atoms with E-state index in [1.165, 1.54) is 0 Å². The number of carbonyl (C=O) groups excluding carboxylic acids is 1. The summed E-state index contributed by atoms with van der Waals surface area (Å²) in [7, 11) is 1.55. The fourth-order valence-corrected chi connectivity index (χ4v) is 3.81. The molecule has 0 saturated carbocycles. The first-order valence-electron chi connectivity index (χ1n) is 9.30. The SMILES string of the molecule is CCCCn1c(COc2ccc(C=O)cc2)c(C(=O)O)c2cc(OC)c(Br)cc21. The van der Waals surface area contributed by atoms with Gasteiger partial charge in [0.25, 0.3) is 0 Å². The van der Waals surface area contributed by atoms with Crippen LogP contribution in [0.5, 0.6) is 11.5 Å². The number of fused-ring (bicyclic) bond motifs is 1. The van der Waals surface area contributed by atoms with E-state index in [1.807, 2.05) is 10.6 Å². The van der Waals surface area contributed by atoms with Crippen molar-refractivity contribution in [2.24, 2.45) is 0 Å². The number of aromatic carboxylic acids is 1. The van der Waals surface area contributed by atoms with Gasteiger partial charge in [0.15, 0.2) is 0 Å². The third-order valence-electron chi connectivity index (χ3n) is 4.79. The van der Waals surface area contributed by atoms with Gasteiger partial charge in [-0.05, 0) is 58.7 Å². The molecule has 2 aromatic carbocycles. The van der Waals surface area contributed by atoms with E-state index < -0.39 is 5.97 Å². The molecule has 0 unspecified atom stereocenters. The van der Waals surface area contributed by atoms with Crippen molar-refractivity contribution in [2.45, 2.75) is 32.9 Å². The van der Waals surface area contributed by atoms with Crippen molar-refractivity contribution in [1.29, 1.82) is 0 Å². The van der Waals surface area contributed by atoms with Gasteiger partial charge in [-0.1, -0.05) is 13.3 Å². The molecule has 152 valence electrons. The number of hydrogen-bond acceptors (Lipinski definition) is 4. The monoisotopic (exact) mass is 459 g/mol. The number of unbranched alkanes of at least 4 members (excludes halogenated alkanes) is 1. The number of aryl methyl sites for hydroxylation is 1. The number of benzene rings is 2. The number of aldehydes is 1. The summed E-state index contributed by atoms with van der Waals surface area (Å²) in [6, 6.07) is 10.3. The quantitative estimate of drug-likeness (QED) is 0.439. The molecule has 0 amide bonds. The molecule has 7 heteroatoms. The largest absolute Gasteiger partial charge is 0.496 e. The van der Waals surface area contributed by atoms with Gasteiger partial charge in [-0.15, -0.1) is 0 Å². The van der Waals surface area contributed by atoms with E-state index in [0.29, 0.717) is 34.7 Å². The number of carbonyl (C=O) groups is 2. The molecule has 3 aromatic rings. The maximum absolute atomic E-state index is 12.1. The van der Waals surface area contributed by atoms with Gasteiger partial charge in [0.2, 0.25) is 0 Å². The molecule has 3 rings (SSSR count). The van der Waals surface area contributed by atoms with Crippen LogP contribution in [0.25, 0.3) is 10.9 Å². The van der Waals surface area contributed by atoms with Crippen LogP contribution in [0.1, 0.15) is 46.2 Å². The normalized spacial score (nSPS) is 10.9. The lowest BCUT2D eigenvalue weighted by molar-refractivity contribution is 0.0695. The Balaban J connectivity index is 2.09. The van der Waals surface area contributed by atoms with Gasteiger partial charge in [-0.25, -0.2) is 4.79 Å². The third kappa shape index (κ3) is 4.29. The first-order chi connectivity index (χ1) is 14.0. The van der Waals surface area contributed by atoms with Gasteiger partial charge >= 0.3 is 5.97 Å². The fraction of sp³-hybridized carbons (Fsp3) is 0.273. The minimum atomic E-state index is -1.01. The maximum atomic E-state index is 12.1. The highest BCUT2D eigenvalue weighted by molar-refractivity contribution is 9.10. The predicted octanol–water partition coefficient (Wildman–Crippen LogP) is 5.30. The number of aromatic nitrogens is 1. The lowest BCUT2D eigenvalue weighted by Crippen LogP contribution is -2.10. The molecule has 0 spiro atoms. The van der Waals surface area contributed by atoms with Crippen LogP contribution in [-0.4, -0.2) is 29.0 Å². The Hall–Kier alpha value is -2.80. The van der Waals surface area contributed by atoms with Crippen LogP contribution >= 0.6 is 15.9 Å². The molecule has 1 aromatic heterocycles. The molecule has 0 aliphatic heterocycles. The van der Waals surface area contributed by atoms with Crippen LogP contribution in [0.4, 0.5) is 0 Å². The summed E-state index contributed by atoms with van der Waals surface area (Å²) in [4.78, 5) is 23.0. The smallest absolute Gasteiger partial charge is 0.338 e. The number of nitrogens with zero attached hydrogens (tertiary/aromatic N) is 1. The highest BCUT2D eigenvalue weighted by Gasteiger charge is 2.24. The second-order valence-electron chi connectivity index (χ2n) is 6.61. The van der Waals surface area contributed by atoms with E-state index in [0.717, 1.165) is 29.1 Å². The molecule has 0 aliphatic carbocycles. The summed E-state index contributed by atoms with van der Waals surface area (Å²) >= 11 is 3.49. The molecule has 0 aliphatic rings. The molecule has 29 heavy (non-hydrogen) atoms. The topological polar surface area (TPSA) is 77.8 Å². The van der Waals surface area contributed by atoms with Gasteiger partial charge < -0.3 is 19.1 Å². The highest BCUT2D eigenvalue weighted by atomic mass is 79.9. The maximum Gasteiger partial charge on any atom is 0.338 e. The molecular formula is C22H22BrNO5. The molecule has 0 fully saturated rings. The standard InChI is InChI=1S/C22H22BrNO5/c1-3-4-9-24-18-11-17(23)20(28-2)10-16(18)21(22(26)27)19(24)13-29-15-7-5-14(12-25)6-8-15/h5-8,10-12H,3-4,9,13H2,1-2H3,(H,26,27). The minimum absolute atomic E-state index is 0.0976. The fourth-order valence-electron chi connectivity index (χ4n) is 3.31. The van der Waals surface area contributed by atoms with Crippen LogP contribution in [0, 0.1) is 0 Å². The number of rotatable bonds is 9. The summed E-state index contributed by atoms with van der Waals surface area (Å²) in [6.07, 6.45) is 2.65. The van der Waals surface area contributed by atoms with Gasteiger partial charge in [0.05, 0.1) is 28.4 Å². The van der Waals surface area contributed by atoms with E-state index in [-0.39, 0.29) is 12.2 Å². The van der Waals surface area contributed by atoms with Gasteiger partial charge in [-0.2, -0.15) is 0 Å². The van der Waals surface area contributed by atoms with Gasteiger partial charge in [0, 0.05) is 17.5 Å². The number of carboxylic acids is 1. The summed E-state index contributed by atoms with van der Waals surface area (Å²) in [5.41, 5.74) is 2.18. The summed E-state index contributed by atoms with van der Waals surface area (Å²) in [5.74, 6) is 0.132. The molecule has 0 radical (unpaired) electrons. The molecule has 0 saturated heterocycles. The molecule has 6 nitrogen and oxygen atoms in total. The van der Waals surface area contributed by atoms with Crippen molar-refractivity contribution in [2.75, 3.05) is 7.11 Å². The molecular weight excluding hydrogens is 438 g/mol. The Morgan fingerprint density at radius 2 is 1.97 bits per heavy atom. The predicted molar refractivity (Wildman–Crippen MR) is 114 cm³/mol. The minimum Gasteiger partial charge on any atom is -0.496 e. The van der Waals surface area contributed by atoms with Crippen LogP contribution in [0.15, 0.2) is 40.9 Å². The average Bonchev–Trinajstić information content (AvgIpc) is 3.02. The Bertz CT molecular complexity index is 1040. The number of methoxy groups -OCH3 is 1. The van der Waals surface area contributed by atoms with Crippen LogP contribution in [-0.2, 0) is 13.2 Å².